The Balaban J connectivity index is 1.68. The number of aryl methyl sites for hydroxylation is 3. The Morgan fingerprint density at radius 3 is 2.86 bits per heavy atom. The largest absolute Gasteiger partial charge is 0.361 e. The maximum Gasteiger partial charge on any atom is 0.225 e. The first-order valence-electron chi connectivity index (χ1n) is 9.70. The molecule has 9 nitrogen and oxygen atoms in total. The standard InChI is InChI=1S/C19H28N6O3/c1-5-6-14-10-18(27)22-19(20-14)25-16(9-11(2)23-25)21-17(26)8-7-15-12(3)24-28-13(15)4/h9,14,19-20H,5-8,10H2,1-4H3,(H,21,26)(H,22,27). The highest BCUT2D eigenvalue weighted by atomic mass is 16.5. The summed E-state index contributed by atoms with van der Waals surface area (Å²) in [5.74, 6) is 1.14. The van der Waals surface area contributed by atoms with Crippen LogP contribution >= 0.6 is 0 Å². The lowest BCUT2D eigenvalue weighted by Gasteiger charge is -2.32. The van der Waals surface area contributed by atoms with Crippen molar-refractivity contribution in [3.63, 3.8) is 0 Å². The first-order valence-corrected chi connectivity index (χ1v) is 9.70. The number of nitrogens with zero attached hydrogens (tertiary/aromatic N) is 3. The first kappa shape index (κ1) is 20.1. The van der Waals surface area contributed by atoms with Gasteiger partial charge in [0.15, 0.2) is 6.29 Å². The third-order valence-corrected chi connectivity index (χ3v) is 4.91. The fraction of sp³-hybridized carbons (Fsp3) is 0.579. The number of rotatable bonds is 7. The summed E-state index contributed by atoms with van der Waals surface area (Å²) in [4.78, 5) is 24.6. The minimum Gasteiger partial charge on any atom is -0.361 e. The number of carbonyl (C=O) groups is 2. The van der Waals surface area contributed by atoms with E-state index in [0.717, 1.165) is 35.6 Å². The van der Waals surface area contributed by atoms with Crippen LogP contribution in [0.1, 0.15) is 61.6 Å². The second-order valence-corrected chi connectivity index (χ2v) is 7.29. The zero-order chi connectivity index (χ0) is 20.3. The minimum absolute atomic E-state index is 0.0222. The van der Waals surface area contributed by atoms with Crippen molar-refractivity contribution in [3.8, 4) is 0 Å². The number of amides is 2. The van der Waals surface area contributed by atoms with Gasteiger partial charge in [0, 0.05) is 30.5 Å². The van der Waals surface area contributed by atoms with Gasteiger partial charge in [-0.25, -0.2) is 4.68 Å². The van der Waals surface area contributed by atoms with Crippen LogP contribution in [0.4, 0.5) is 5.82 Å². The van der Waals surface area contributed by atoms with Crippen molar-refractivity contribution in [1.29, 1.82) is 0 Å². The van der Waals surface area contributed by atoms with E-state index in [4.69, 9.17) is 4.52 Å². The van der Waals surface area contributed by atoms with Gasteiger partial charge in [-0.1, -0.05) is 18.5 Å². The molecule has 1 fully saturated rings. The van der Waals surface area contributed by atoms with Gasteiger partial charge in [0.05, 0.1) is 11.4 Å². The third-order valence-electron chi connectivity index (χ3n) is 4.91. The Bertz CT molecular complexity index is 836. The molecule has 2 aromatic rings. The quantitative estimate of drug-likeness (QED) is 0.669. The normalized spacial score (nSPS) is 19.5. The molecule has 2 aromatic heterocycles. The van der Waals surface area contributed by atoms with Crippen molar-refractivity contribution < 1.29 is 14.1 Å². The molecule has 2 atom stereocenters. The molecule has 1 aliphatic rings. The maximum atomic E-state index is 12.5. The summed E-state index contributed by atoms with van der Waals surface area (Å²) in [6, 6.07) is 1.89. The molecule has 3 N–H and O–H groups in total. The molecule has 2 unspecified atom stereocenters. The molecule has 3 heterocycles. The molecule has 0 aromatic carbocycles. The van der Waals surface area contributed by atoms with Crippen molar-refractivity contribution in [2.75, 3.05) is 5.32 Å². The van der Waals surface area contributed by atoms with E-state index >= 15 is 0 Å². The van der Waals surface area contributed by atoms with Crippen molar-refractivity contribution >= 4 is 17.6 Å². The molecule has 152 valence electrons. The molecule has 0 radical (unpaired) electrons. The van der Waals surface area contributed by atoms with Crippen LogP contribution in [0, 0.1) is 20.8 Å². The zero-order valence-corrected chi connectivity index (χ0v) is 16.8. The molecule has 0 saturated carbocycles. The van der Waals surface area contributed by atoms with Gasteiger partial charge < -0.3 is 15.2 Å². The fourth-order valence-electron chi connectivity index (χ4n) is 3.53. The zero-order valence-electron chi connectivity index (χ0n) is 16.8. The highest BCUT2D eigenvalue weighted by Gasteiger charge is 2.28. The van der Waals surface area contributed by atoms with E-state index in [9.17, 15) is 9.59 Å². The van der Waals surface area contributed by atoms with Crippen molar-refractivity contribution in [2.45, 2.75) is 72.1 Å². The van der Waals surface area contributed by atoms with Crippen LogP contribution in [0.3, 0.4) is 0 Å². The SMILES string of the molecule is CCCC1CC(=O)NC(n2nc(C)cc2NC(=O)CCc2c(C)noc2C)N1. The van der Waals surface area contributed by atoms with E-state index in [0.29, 0.717) is 25.1 Å². The van der Waals surface area contributed by atoms with Crippen LogP contribution in [0.2, 0.25) is 0 Å². The minimum atomic E-state index is -0.482. The van der Waals surface area contributed by atoms with Crippen molar-refractivity contribution in [3.05, 3.63) is 28.8 Å². The van der Waals surface area contributed by atoms with E-state index < -0.39 is 6.29 Å². The Kier molecular flexibility index (Phi) is 6.13. The average molecular weight is 388 g/mol. The summed E-state index contributed by atoms with van der Waals surface area (Å²) in [5.41, 5.74) is 2.53. The van der Waals surface area contributed by atoms with Gasteiger partial charge in [-0.05, 0) is 33.6 Å². The molecule has 0 spiro atoms. The van der Waals surface area contributed by atoms with E-state index in [1.807, 2.05) is 20.8 Å². The Morgan fingerprint density at radius 2 is 2.18 bits per heavy atom. The van der Waals surface area contributed by atoms with Crippen LogP contribution in [0.5, 0.6) is 0 Å². The number of aromatic nitrogens is 3. The highest BCUT2D eigenvalue weighted by Crippen LogP contribution is 2.20. The topological polar surface area (TPSA) is 114 Å². The van der Waals surface area contributed by atoms with Crippen LogP contribution < -0.4 is 16.0 Å². The predicted molar refractivity (Wildman–Crippen MR) is 104 cm³/mol. The number of nitrogens with one attached hydrogen (secondary N) is 3. The third kappa shape index (κ3) is 4.59. The van der Waals surface area contributed by atoms with Crippen LogP contribution in [-0.4, -0.2) is 32.8 Å². The van der Waals surface area contributed by atoms with Crippen molar-refractivity contribution in [1.82, 2.24) is 25.6 Å². The van der Waals surface area contributed by atoms with Crippen LogP contribution in [0.15, 0.2) is 10.6 Å². The average Bonchev–Trinajstić information content (AvgIpc) is 3.15. The smallest absolute Gasteiger partial charge is 0.225 e. The number of anilines is 1. The second kappa shape index (κ2) is 8.55. The van der Waals surface area contributed by atoms with Gasteiger partial charge >= 0.3 is 0 Å². The van der Waals surface area contributed by atoms with Crippen molar-refractivity contribution in [2.24, 2.45) is 0 Å². The number of hydrogen-bond acceptors (Lipinski definition) is 6. The van der Waals surface area contributed by atoms with Gasteiger partial charge in [-0.3, -0.25) is 14.9 Å². The highest BCUT2D eigenvalue weighted by molar-refractivity contribution is 5.90. The van der Waals surface area contributed by atoms with E-state index in [1.165, 1.54) is 0 Å². The molecule has 1 aliphatic heterocycles. The van der Waals surface area contributed by atoms with E-state index in [-0.39, 0.29) is 17.9 Å². The van der Waals surface area contributed by atoms with Crippen LogP contribution in [-0.2, 0) is 16.0 Å². The second-order valence-electron chi connectivity index (χ2n) is 7.29. The predicted octanol–water partition coefficient (Wildman–Crippen LogP) is 2.10. The monoisotopic (exact) mass is 388 g/mol. The summed E-state index contributed by atoms with van der Waals surface area (Å²) in [6.07, 6.45) is 2.71. The molecular weight excluding hydrogens is 360 g/mol. The van der Waals surface area contributed by atoms with Gasteiger partial charge in [-0.2, -0.15) is 5.10 Å². The molecular formula is C19H28N6O3. The molecule has 0 aliphatic carbocycles. The van der Waals surface area contributed by atoms with Gasteiger partial charge in [0.2, 0.25) is 11.8 Å². The lowest BCUT2D eigenvalue weighted by molar-refractivity contribution is -0.125. The summed E-state index contributed by atoms with van der Waals surface area (Å²) in [5, 5.41) is 17.6. The first-order chi connectivity index (χ1) is 13.4. The molecule has 28 heavy (non-hydrogen) atoms. The van der Waals surface area contributed by atoms with Gasteiger partial charge in [0.25, 0.3) is 0 Å². The molecule has 0 bridgehead atoms. The Labute approximate surface area is 164 Å². The van der Waals surface area contributed by atoms with E-state index in [2.05, 4.69) is 33.1 Å². The summed E-state index contributed by atoms with van der Waals surface area (Å²) in [7, 11) is 0. The lowest BCUT2D eigenvalue weighted by atomic mass is 10.1. The Morgan fingerprint density at radius 1 is 1.39 bits per heavy atom. The number of carbonyl (C=O) groups excluding carboxylic acids is 2. The molecule has 9 heteroatoms. The molecule has 2 amide bonds. The number of hydrogen-bond donors (Lipinski definition) is 3. The molecule has 3 rings (SSSR count). The lowest BCUT2D eigenvalue weighted by Crippen LogP contribution is -2.53. The van der Waals surface area contributed by atoms with E-state index in [1.54, 1.807) is 10.7 Å². The Hall–Kier alpha value is -2.68. The summed E-state index contributed by atoms with van der Waals surface area (Å²) in [6.45, 7) is 7.65. The molecule has 1 saturated heterocycles. The fourth-order valence-corrected chi connectivity index (χ4v) is 3.53. The van der Waals surface area contributed by atoms with Gasteiger partial charge in [0.1, 0.15) is 11.6 Å². The maximum absolute atomic E-state index is 12.5. The van der Waals surface area contributed by atoms with Gasteiger partial charge in [-0.15, -0.1) is 0 Å². The summed E-state index contributed by atoms with van der Waals surface area (Å²) < 4.78 is 6.77. The summed E-state index contributed by atoms with van der Waals surface area (Å²) >= 11 is 0. The van der Waals surface area contributed by atoms with Crippen LogP contribution in [0.25, 0.3) is 0 Å².